The van der Waals surface area contributed by atoms with Crippen molar-refractivity contribution in [3.8, 4) is 0 Å². The molecular weight excluding hydrogens is 280 g/mol. The van der Waals surface area contributed by atoms with Crippen LogP contribution in [0.2, 0.25) is 0 Å². The van der Waals surface area contributed by atoms with E-state index in [-0.39, 0.29) is 13.2 Å². The van der Waals surface area contributed by atoms with Crippen molar-refractivity contribution >= 4 is 33.4 Å². The van der Waals surface area contributed by atoms with E-state index in [0.717, 1.165) is 21.8 Å². The van der Waals surface area contributed by atoms with Crippen molar-refractivity contribution in [2.45, 2.75) is 0 Å². The number of anilines is 2. The van der Waals surface area contributed by atoms with E-state index < -0.39 is 0 Å². The Hall–Kier alpha value is -2.44. The van der Waals surface area contributed by atoms with Gasteiger partial charge in [0.2, 0.25) is 0 Å². The van der Waals surface area contributed by atoms with E-state index in [2.05, 4.69) is 20.6 Å². The molecule has 6 nitrogen and oxygen atoms in total. The Labute approximate surface area is 127 Å². The minimum atomic E-state index is 0.0108. The van der Waals surface area contributed by atoms with Gasteiger partial charge in [-0.3, -0.25) is 0 Å². The summed E-state index contributed by atoms with van der Waals surface area (Å²) in [6.45, 7) is 0.802. The van der Waals surface area contributed by atoms with E-state index in [9.17, 15) is 0 Å². The van der Waals surface area contributed by atoms with Gasteiger partial charge < -0.3 is 20.8 Å². The first kappa shape index (κ1) is 14.5. The van der Waals surface area contributed by atoms with Gasteiger partial charge in [0.25, 0.3) is 0 Å². The van der Waals surface area contributed by atoms with E-state index in [0.29, 0.717) is 24.7 Å². The van der Waals surface area contributed by atoms with Crippen molar-refractivity contribution in [2.75, 3.05) is 36.9 Å². The number of aliphatic hydroxyl groups excluding tert-OH is 2. The van der Waals surface area contributed by atoms with Crippen molar-refractivity contribution < 1.29 is 10.2 Å². The maximum atomic E-state index is 8.98. The number of benzene rings is 2. The van der Waals surface area contributed by atoms with Gasteiger partial charge in [-0.15, -0.1) is 0 Å². The molecule has 0 atom stereocenters. The van der Waals surface area contributed by atoms with Crippen molar-refractivity contribution in [1.29, 1.82) is 0 Å². The van der Waals surface area contributed by atoms with Crippen LogP contribution in [0.1, 0.15) is 0 Å². The molecule has 3 rings (SSSR count). The highest BCUT2D eigenvalue weighted by Gasteiger charge is 2.09. The highest BCUT2D eigenvalue weighted by Crippen LogP contribution is 2.25. The molecule has 22 heavy (non-hydrogen) atoms. The van der Waals surface area contributed by atoms with Crippen molar-refractivity contribution in [2.24, 2.45) is 0 Å². The summed E-state index contributed by atoms with van der Waals surface area (Å²) in [5.74, 6) is 1.15. The maximum absolute atomic E-state index is 8.98. The monoisotopic (exact) mass is 298 g/mol. The lowest BCUT2D eigenvalue weighted by Crippen LogP contribution is -2.14. The SMILES string of the molecule is OCCNc1nc2cc3ccccc3cc2nc1NCCO. The zero-order valence-corrected chi connectivity index (χ0v) is 12.1. The summed E-state index contributed by atoms with van der Waals surface area (Å²) in [4.78, 5) is 9.17. The number of hydrogen-bond donors (Lipinski definition) is 4. The van der Waals surface area contributed by atoms with Crippen LogP contribution in [0.4, 0.5) is 11.6 Å². The Morgan fingerprint density at radius 1 is 0.773 bits per heavy atom. The zero-order valence-electron chi connectivity index (χ0n) is 12.1. The molecule has 0 saturated carbocycles. The Morgan fingerprint density at radius 2 is 1.23 bits per heavy atom. The third-order valence-corrected chi connectivity index (χ3v) is 3.34. The van der Waals surface area contributed by atoms with Crippen LogP contribution in [0, 0.1) is 0 Å². The van der Waals surface area contributed by atoms with Gasteiger partial charge in [-0.1, -0.05) is 24.3 Å². The molecule has 0 aliphatic carbocycles. The van der Waals surface area contributed by atoms with Crippen LogP contribution < -0.4 is 10.6 Å². The van der Waals surface area contributed by atoms with E-state index in [1.165, 1.54) is 0 Å². The normalized spacial score (nSPS) is 11.0. The lowest BCUT2D eigenvalue weighted by atomic mass is 10.1. The second-order valence-electron chi connectivity index (χ2n) is 4.91. The topological polar surface area (TPSA) is 90.3 Å². The molecule has 0 radical (unpaired) electrons. The molecule has 2 aromatic carbocycles. The number of hydrogen-bond acceptors (Lipinski definition) is 6. The number of rotatable bonds is 6. The first-order valence-electron chi connectivity index (χ1n) is 7.22. The molecule has 0 fully saturated rings. The first-order valence-corrected chi connectivity index (χ1v) is 7.22. The van der Waals surface area contributed by atoms with Crippen molar-refractivity contribution in [1.82, 2.24) is 9.97 Å². The molecule has 4 N–H and O–H groups in total. The minimum Gasteiger partial charge on any atom is -0.395 e. The quantitative estimate of drug-likeness (QED) is 0.517. The average Bonchev–Trinajstić information content (AvgIpc) is 2.55. The summed E-state index contributed by atoms with van der Waals surface area (Å²) in [5.41, 5.74) is 1.57. The lowest BCUT2D eigenvalue weighted by Gasteiger charge is -2.12. The van der Waals surface area contributed by atoms with E-state index in [4.69, 9.17) is 10.2 Å². The second kappa shape index (κ2) is 6.55. The predicted octanol–water partition coefficient (Wildman–Crippen LogP) is 1.59. The van der Waals surface area contributed by atoms with Crippen LogP contribution in [0.3, 0.4) is 0 Å². The van der Waals surface area contributed by atoms with Crippen molar-refractivity contribution in [3.63, 3.8) is 0 Å². The molecule has 0 saturated heterocycles. The van der Waals surface area contributed by atoms with Crippen LogP contribution in [-0.2, 0) is 0 Å². The smallest absolute Gasteiger partial charge is 0.169 e. The summed E-state index contributed by atoms with van der Waals surface area (Å²) >= 11 is 0. The molecule has 0 aliphatic heterocycles. The van der Waals surface area contributed by atoms with Gasteiger partial charge in [0, 0.05) is 13.1 Å². The van der Waals surface area contributed by atoms with Gasteiger partial charge in [0.05, 0.1) is 24.2 Å². The Bertz CT molecular complexity index is 726. The summed E-state index contributed by atoms with van der Waals surface area (Å²) < 4.78 is 0. The van der Waals surface area contributed by atoms with Crippen molar-refractivity contribution in [3.05, 3.63) is 36.4 Å². The van der Waals surface area contributed by atoms with Crippen LogP contribution in [0.15, 0.2) is 36.4 Å². The first-order chi connectivity index (χ1) is 10.8. The summed E-state index contributed by atoms with van der Waals surface area (Å²) in [5, 5.41) is 26.3. The maximum Gasteiger partial charge on any atom is 0.169 e. The molecule has 0 aliphatic rings. The van der Waals surface area contributed by atoms with Crippen LogP contribution in [0.25, 0.3) is 21.8 Å². The van der Waals surface area contributed by atoms with Gasteiger partial charge in [0.15, 0.2) is 11.6 Å². The van der Waals surface area contributed by atoms with E-state index in [1.54, 1.807) is 0 Å². The molecule has 3 aromatic rings. The standard InChI is InChI=1S/C16H18N4O2/c21-7-5-17-15-16(18-6-8-22)20-14-10-12-4-2-1-3-11(12)9-13(14)19-15/h1-4,9-10,21-22H,5-8H2,(H,17,19)(H,18,20). The Kier molecular flexibility index (Phi) is 4.32. The largest absolute Gasteiger partial charge is 0.395 e. The molecule has 1 heterocycles. The van der Waals surface area contributed by atoms with Gasteiger partial charge in [-0.2, -0.15) is 0 Å². The van der Waals surface area contributed by atoms with Gasteiger partial charge in [-0.25, -0.2) is 9.97 Å². The van der Waals surface area contributed by atoms with Crippen LogP contribution in [0.5, 0.6) is 0 Å². The highest BCUT2D eigenvalue weighted by molar-refractivity contribution is 5.96. The second-order valence-corrected chi connectivity index (χ2v) is 4.91. The van der Waals surface area contributed by atoms with Crippen LogP contribution in [-0.4, -0.2) is 46.5 Å². The molecule has 1 aromatic heterocycles. The number of nitrogens with one attached hydrogen (secondary N) is 2. The summed E-state index contributed by atoms with van der Waals surface area (Å²) in [7, 11) is 0. The fraction of sp³-hybridized carbons (Fsp3) is 0.250. The molecule has 0 amide bonds. The average molecular weight is 298 g/mol. The van der Waals surface area contributed by atoms with E-state index >= 15 is 0 Å². The van der Waals surface area contributed by atoms with Gasteiger partial charge >= 0.3 is 0 Å². The molecule has 0 bridgehead atoms. The van der Waals surface area contributed by atoms with Crippen LogP contribution >= 0.6 is 0 Å². The lowest BCUT2D eigenvalue weighted by molar-refractivity contribution is 0.310. The number of fused-ring (bicyclic) bond motifs is 2. The third-order valence-electron chi connectivity index (χ3n) is 3.34. The number of nitrogens with zero attached hydrogens (tertiary/aromatic N) is 2. The molecule has 0 spiro atoms. The number of aliphatic hydroxyl groups is 2. The fourth-order valence-electron chi connectivity index (χ4n) is 2.34. The Balaban J connectivity index is 2.11. The highest BCUT2D eigenvalue weighted by atomic mass is 16.3. The van der Waals surface area contributed by atoms with Gasteiger partial charge in [0.1, 0.15) is 0 Å². The Morgan fingerprint density at radius 3 is 1.64 bits per heavy atom. The fourth-order valence-corrected chi connectivity index (χ4v) is 2.34. The summed E-state index contributed by atoms with van der Waals surface area (Å²) in [6, 6.07) is 12.0. The summed E-state index contributed by atoms with van der Waals surface area (Å²) in [6.07, 6.45) is 0. The molecule has 114 valence electrons. The zero-order chi connectivity index (χ0) is 15.4. The minimum absolute atomic E-state index is 0.0108. The predicted molar refractivity (Wildman–Crippen MR) is 88.2 cm³/mol. The third kappa shape index (κ3) is 2.93. The number of aromatic nitrogens is 2. The molecule has 6 heteroatoms. The molecule has 0 unspecified atom stereocenters. The van der Waals surface area contributed by atoms with Gasteiger partial charge in [-0.05, 0) is 22.9 Å². The van der Waals surface area contributed by atoms with E-state index in [1.807, 2.05) is 36.4 Å². The molecular formula is C16H18N4O2.